The molecule has 0 atom stereocenters. The van der Waals surface area contributed by atoms with Crippen molar-refractivity contribution in [3.63, 3.8) is 0 Å². The lowest BCUT2D eigenvalue weighted by Crippen LogP contribution is -2.50. The highest BCUT2D eigenvalue weighted by Crippen LogP contribution is 2.31. The van der Waals surface area contributed by atoms with Crippen LogP contribution in [0, 0.1) is 10.1 Å². The van der Waals surface area contributed by atoms with Gasteiger partial charge >= 0.3 is 5.82 Å². The van der Waals surface area contributed by atoms with Gasteiger partial charge in [0.2, 0.25) is 17.5 Å². The van der Waals surface area contributed by atoms with Crippen molar-refractivity contribution >= 4 is 38.2 Å². The number of aromatic nitrogens is 2. The molecular formula is C28H29N5O5S. The molecule has 0 unspecified atom stereocenters. The van der Waals surface area contributed by atoms with Crippen LogP contribution in [0.1, 0.15) is 18.3 Å². The second-order valence-electron chi connectivity index (χ2n) is 9.46. The Labute approximate surface area is 226 Å². The van der Waals surface area contributed by atoms with Crippen LogP contribution in [-0.2, 0) is 27.6 Å². The molecule has 0 spiro atoms. The Morgan fingerprint density at radius 1 is 0.949 bits per heavy atom. The maximum Gasteiger partial charge on any atom is 0.406 e. The topological polar surface area (TPSA) is 119 Å². The minimum atomic E-state index is -3.87. The van der Waals surface area contributed by atoms with Gasteiger partial charge in [0.15, 0.2) is 9.84 Å². The Balaban J connectivity index is 1.34. The highest BCUT2D eigenvalue weighted by Gasteiger charge is 2.34. The van der Waals surface area contributed by atoms with E-state index in [2.05, 4.69) is 4.98 Å². The van der Waals surface area contributed by atoms with Gasteiger partial charge in [-0.1, -0.05) is 73.7 Å². The summed E-state index contributed by atoms with van der Waals surface area (Å²) in [5, 5.41) is 13.3. The summed E-state index contributed by atoms with van der Waals surface area (Å²) in [5.74, 6) is -0.297. The Morgan fingerprint density at radius 3 is 2.31 bits per heavy atom. The summed E-state index contributed by atoms with van der Waals surface area (Å²) in [7, 11) is -3.87. The second kappa shape index (κ2) is 10.9. The fourth-order valence-corrected chi connectivity index (χ4v) is 6.55. The normalized spacial score (nSPS) is 14.1. The van der Waals surface area contributed by atoms with E-state index in [1.807, 2.05) is 64.9 Å². The molecular weight excluding hydrogens is 518 g/mol. The zero-order valence-corrected chi connectivity index (χ0v) is 22.4. The number of nitro groups is 1. The number of carbonyl (C=O) groups excluding carboxylic acids is 1. The first-order valence-corrected chi connectivity index (χ1v) is 14.4. The SMILES string of the molecule is CCc1nc([N+](=O)[O-])c(N2CCN(C(=O)CS(=O)(=O)c3cccc4ccccc34)CC2)n1Cc1ccccc1. The summed E-state index contributed by atoms with van der Waals surface area (Å²) in [5.41, 5.74) is 0.994. The number of hydrogen-bond acceptors (Lipinski definition) is 7. The fourth-order valence-electron chi connectivity index (χ4n) is 5.08. The van der Waals surface area contributed by atoms with Gasteiger partial charge in [-0.3, -0.25) is 9.36 Å². The number of hydrogen-bond donors (Lipinski definition) is 0. The van der Waals surface area contributed by atoms with E-state index in [0.29, 0.717) is 43.1 Å². The van der Waals surface area contributed by atoms with E-state index in [9.17, 15) is 23.3 Å². The lowest BCUT2D eigenvalue weighted by atomic mass is 10.1. The van der Waals surface area contributed by atoms with Crippen LogP contribution in [0.15, 0.2) is 77.7 Å². The lowest BCUT2D eigenvalue weighted by Gasteiger charge is -2.35. The molecule has 202 valence electrons. The second-order valence-corrected chi connectivity index (χ2v) is 11.4. The van der Waals surface area contributed by atoms with E-state index in [0.717, 1.165) is 10.9 Å². The largest absolute Gasteiger partial charge is 0.406 e. The van der Waals surface area contributed by atoms with E-state index < -0.39 is 26.4 Å². The van der Waals surface area contributed by atoms with Crippen LogP contribution in [-0.4, -0.2) is 65.6 Å². The Bertz CT molecular complexity index is 1620. The number of carbonyl (C=O) groups is 1. The molecule has 1 aromatic heterocycles. The highest BCUT2D eigenvalue weighted by molar-refractivity contribution is 7.92. The van der Waals surface area contributed by atoms with Gasteiger partial charge in [-0.25, -0.2) is 8.42 Å². The average Bonchev–Trinajstić information content (AvgIpc) is 3.31. The molecule has 0 radical (unpaired) electrons. The first kappa shape index (κ1) is 26.4. The summed E-state index contributed by atoms with van der Waals surface area (Å²) in [4.78, 5) is 32.4. The first-order valence-electron chi connectivity index (χ1n) is 12.8. The number of anilines is 1. The van der Waals surface area contributed by atoms with Crippen LogP contribution in [0.25, 0.3) is 10.8 Å². The molecule has 0 N–H and O–H groups in total. The quantitative estimate of drug-likeness (QED) is 0.244. The molecule has 1 amide bonds. The van der Waals surface area contributed by atoms with Crippen molar-refractivity contribution in [3.05, 3.63) is 94.3 Å². The van der Waals surface area contributed by atoms with Crippen molar-refractivity contribution in [3.8, 4) is 0 Å². The van der Waals surface area contributed by atoms with Gasteiger partial charge in [0.1, 0.15) is 5.75 Å². The number of fused-ring (bicyclic) bond motifs is 1. The molecule has 11 heteroatoms. The van der Waals surface area contributed by atoms with E-state index in [1.54, 1.807) is 18.2 Å². The van der Waals surface area contributed by atoms with Crippen molar-refractivity contribution < 1.29 is 18.1 Å². The minimum Gasteiger partial charge on any atom is -0.358 e. The standard InChI is InChI=1S/C28H29N5O5S/c1-2-25-29-27(33(35)36)28(32(25)19-21-9-4-3-5-10-21)31-17-15-30(16-18-31)26(34)20-39(37,38)24-14-8-12-22-11-6-7-13-23(22)24/h3-14H,2,15-20H2,1H3. The monoisotopic (exact) mass is 547 g/mol. The van der Waals surface area contributed by atoms with E-state index >= 15 is 0 Å². The zero-order chi connectivity index (χ0) is 27.6. The number of aryl methyl sites for hydroxylation is 1. The van der Waals surface area contributed by atoms with E-state index in [4.69, 9.17) is 0 Å². The van der Waals surface area contributed by atoms with Crippen molar-refractivity contribution in [2.75, 3.05) is 36.8 Å². The molecule has 3 aromatic carbocycles. The molecule has 10 nitrogen and oxygen atoms in total. The summed E-state index contributed by atoms with van der Waals surface area (Å²) in [6, 6.07) is 21.9. The third-order valence-electron chi connectivity index (χ3n) is 7.00. The van der Waals surface area contributed by atoms with Crippen molar-refractivity contribution in [2.45, 2.75) is 24.8 Å². The Hall–Kier alpha value is -4.25. The van der Waals surface area contributed by atoms with Crippen molar-refractivity contribution in [2.24, 2.45) is 0 Å². The van der Waals surface area contributed by atoms with Gasteiger partial charge in [0, 0.05) is 38.0 Å². The molecule has 1 aliphatic rings. The first-order chi connectivity index (χ1) is 18.8. The molecule has 5 rings (SSSR count). The zero-order valence-electron chi connectivity index (χ0n) is 21.6. The van der Waals surface area contributed by atoms with E-state index in [-0.39, 0.29) is 23.8 Å². The minimum absolute atomic E-state index is 0.139. The maximum absolute atomic E-state index is 13.2. The molecule has 0 saturated carbocycles. The van der Waals surface area contributed by atoms with Crippen molar-refractivity contribution in [1.82, 2.24) is 14.5 Å². The Kier molecular flexibility index (Phi) is 7.34. The predicted molar refractivity (Wildman–Crippen MR) is 149 cm³/mol. The number of benzene rings is 3. The average molecular weight is 548 g/mol. The lowest BCUT2D eigenvalue weighted by molar-refractivity contribution is -0.388. The molecule has 1 saturated heterocycles. The molecule has 1 fully saturated rings. The van der Waals surface area contributed by atoms with E-state index in [1.165, 1.54) is 11.0 Å². The number of piperazine rings is 1. The van der Waals surface area contributed by atoms with Gasteiger partial charge in [0.05, 0.1) is 11.4 Å². The molecule has 0 bridgehead atoms. The number of nitrogens with zero attached hydrogens (tertiary/aromatic N) is 5. The molecule has 0 aliphatic carbocycles. The van der Waals surface area contributed by atoms with Crippen LogP contribution in [0.4, 0.5) is 11.6 Å². The number of sulfone groups is 1. The fraction of sp³-hybridized carbons (Fsp3) is 0.286. The molecule has 39 heavy (non-hydrogen) atoms. The number of amides is 1. The van der Waals surface area contributed by atoms with Gasteiger partial charge < -0.3 is 19.9 Å². The summed E-state index contributed by atoms with van der Waals surface area (Å²) in [6.07, 6.45) is 0.526. The van der Waals surface area contributed by atoms with Gasteiger partial charge in [-0.2, -0.15) is 0 Å². The summed E-state index contributed by atoms with van der Waals surface area (Å²) < 4.78 is 28.3. The smallest absolute Gasteiger partial charge is 0.358 e. The van der Waals surface area contributed by atoms with Crippen LogP contribution in [0.2, 0.25) is 0 Å². The molecule has 4 aromatic rings. The predicted octanol–water partition coefficient (Wildman–Crippen LogP) is 3.68. The highest BCUT2D eigenvalue weighted by atomic mass is 32.2. The van der Waals surface area contributed by atoms with Gasteiger partial charge in [-0.05, 0) is 26.9 Å². The summed E-state index contributed by atoms with van der Waals surface area (Å²) in [6.45, 7) is 3.49. The molecule has 2 heterocycles. The van der Waals surface area contributed by atoms with Crippen LogP contribution in [0.3, 0.4) is 0 Å². The molecule has 1 aliphatic heterocycles. The Morgan fingerprint density at radius 2 is 1.62 bits per heavy atom. The third-order valence-corrected chi connectivity index (χ3v) is 8.66. The maximum atomic E-state index is 13.2. The van der Waals surface area contributed by atoms with Crippen LogP contribution in [0.5, 0.6) is 0 Å². The van der Waals surface area contributed by atoms with Crippen LogP contribution < -0.4 is 4.90 Å². The number of rotatable bonds is 8. The number of imidazole rings is 1. The van der Waals surface area contributed by atoms with Crippen LogP contribution >= 0.6 is 0 Å². The van der Waals surface area contributed by atoms with Gasteiger partial charge in [-0.15, -0.1) is 0 Å². The third kappa shape index (κ3) is 5.35. The van der Waals surface area contributed by atoms with Gasteiger partial charge in [0.25, 0.3) is 0 Å². The summed E-state index contributed by atoms with van der Waals surface area (Å²) >= 11 is 0. The van der Waals surface area contributed by atoms with Crippen molar-refractivity contribution in [1.29, 1.82) is 0 Å².